The zero-order valence-electron chi connectivity index (χ0n) is 16.1. The molecule has 2 aromatic rings. The molecular formula is C22H24O4Si. The minimum Gasteiger partial charge on any atom is -0.469 e. The van der Waals surface area contributed by atoms with Gasteiger partial charge in [0.25, 0.3) is 0 Å². The van der Waals surface area contributed by atoms with Crippen molar-refractivity contribution < 1.29 is 19.1 Å². The summed E-state index contributed by atoms with van der Waals surface area (Å²) in [5, 5.41) is 1.24. The maximum absolute atomic E-state index is 11.9. The highest BCUT2D eigenvalue weighted by Gasteiger charge is 2.34. The Morgan fingerprint density at radius 2 is 1.59 bits per heavy atom. The van der Waals surface area contributed by atoms with Crippen molar-refractivity contribution in [2.24, 2.45) is 0 Å². The number of hydrogen-bond acceptors (Lipinski definition) is 4. The highest BCUT2D eigenvalue weighted by Crippen LogP contribution is 2.25. The number of rotatable bonds is 5. The van der Waals surface area contributed by atoms with Gasteiger partial charge >= 0.3 is 11.9 Å². The van der Waals surface area contributed by atoms with Gasteiger partial charge in [0.1, 0.15) is 0 Å². The summed E-state index contributed by atoms with van der Waals surface area (Å²) in [6.07, 6.45) is 0.262. The van der Waals surface area contributed by atoms with Crippen LogP contribution in [0.25, 0.3) is 0 Å². The standard InChI is InChI=1S/C22H24O4Si/c1-25-21(23)16-20(27(3,4)19-8-6-5-7-9-19)15-12-17-10-13-18(14-11-17)22(24)26-2/h5-11,13-14,20H,16H2,1-4H3/t20-/m0/s1. The van der Waals surface area contributed by atoms with E-state index in [0.29, 0.717) is 5.56 Å². The lowest BCUT2D eigenvalue weighted by Crippen LogP contribution is -2.46. The molecule has 0 heterocycles. The molecule has 2 aromatic carbocycles. The molecule has 0 bridgehead atoms. The Morgan fingerprint density at radius 3 is 2.15 bits per heavy atom. The van der Waals surface area contributed by atoms with Gasteiger partial charge in [0.15, 0.2) is 0 Å². The molecule has 0 aliphatic carbocycles. The second kappa shape index (κ2) is 9.20. The van der Waals surface area contributed by atoms with Crippen LogP contribution >= 0.6 is 0 Å². The van der Waals surface area contributed by atoms with Crippen LogP contribution in [0.2, 0.25) is 18.6 Å². The van der Waals surface area contributed by atoms with Crippen molar-refractivity contribution in [1.29, 1.82) is 0 Å². The fraction of sp³-hybridized carbons (Fsp3) is 0.273. The third-order valence-corrected chi connectivity index (χ3v) is 8.60. The zero-order chi connectivity index (χ0) is 19.9. The Bertz CT molecular complexity index is 845. The van der Waals surface area contributed by atoms with Crippen molar-refractivity contribution in [3.63, 3.8) is 0 Å². The van der Waals surface area contributed by atoms with Crippen molar-refractivity contribution in [2.75, 3.05) is 14.2 Å². The summed E-state index contributed by atoms with van der Waals surface area (Å²) in [5.74, 6) is 5.82. The molecule has 140 valence electrons. The van der Waals surface area contributed by atoms with Crippen LogP contribution in [0.1, 0.15) is 22.3 Å². The number of hydrogen-bond donors (Lipinski definition) is 0. The second-order valence-electron chi connectivity index (χ2n) is 6.76. The maximum Gasteiger partial charge on any atom is 0.337 e. The molecule has 0 aromatic heterocycles. The highest BCUT2D eigenvalue weighted by molar-refractivity contribution is 6.91. The van der Waals surface area contributed by atoms with Gasteiger partial charge in [-0.15, -0.1) is 0 Å². The molecule has 4 nitrogen and oxygen atoms in total. The summed E-state index contributed by atoms with van der Waals surface area (Å²) < 4.78 is 9.59. The number of methoxy groups -OCH3 is 2. The van der Waals surface area contributed by atoms with Crippen molar-refractivity contribution >= 4 is 25.2 Å². The molecule has 0 saturated carbocycles. The van der Waals surface area contributed by atoms with Crippen LogP contribution < -0.4 is 5.19 Å². The molecular weight excluding hydrogens is 356 g/mol. The lowest BCUT2D eigenvalue weighted by Gasteiger charge is -2.28. The first-order valence-corrected chi connectivity index (χ1v) is 11.8. The van der Waals surface area contributed by atoms with Gasteiger partial charge in [0.05, 0.1) is 34.3 Å². The van der Waals surface area contributed by atoms with Crippen LogP contribution in [0.5, 0.6) is 0 Å². The first kappa shape index (κ1) is 20.5. The van der Waals surface area contributed by atoms with Crippen molar-refractivity contribution in [3.8, 4) is 11.8 Å². The quantitative estimate of drug-likeness (QED) is 0.453. The Morgan fingerprint density at radius 1 is 0.963 bits per heavy atom. The van der Waals surface area contributed by atoms with E-state index in [1.54, 1.807) is 24.3 Å². The Balaban J connectivity index is 2.32. The van der Waals surface area contributed by atoms with E-state index in [0.717, 1.165) is 5.56 Å². The predicted octanol–water partition coefficient (Wildman–Crippen LogP) is 3.37. The zero-order valence-corrected chi connectivity index (χ0v) is 17.1. The summed E-state index contributed by atoms with van der Waals surface area (Å²) in [7, 11) is 0.724. The van der Waals surface area contributed by atoms with Gasteiger partial charge in [0.2, 0.25) is 0 Å². The summed E-state index contributed by atoms with van der Waals surface area (Å²) in [6.45, 7) is 4.43. The van der Waals surface area contributed by atoms with Gasteiger partial charge in [-0.2, -0.15) is 0 Å². The van der Waals surface area contributed by atoms with Gasteiger partial charge in [-0.25, -0.2) is 4.79 Å². The molecule has 0 aliphatic rings. The molecule has 0 saturated heterocycles. The van der Waals surface area contributed by atoms with E-state index in [4.69, 9.17) is 9.47 Å². The molecule has 2 rings (SSSR count). The SMILES string of the molecule is COC(=O)C[C@H](C#Cc1ccc(C(=O)OC)cc1)[Si](C)(C)c1ccccc1. The molecule has 0 N–H and O–H groups in total. The van der Waals surface area contributed by atoms with Gasteiger partial charge in [-0.05, 0) is 24.3 Å². The van der Waals surface area contributed by atoms with E-state index >= 15 is 0 Å². The first-order valence-electron chi connectivity index (χ1n) is 8.70. The van der Waals surface area contributed by atoms with E-state index in [9.17, 15) is 9.59 Å². The molecule has 0 unspecified atom stereocenters. The highest BCUT2D eigenvalue weighted by atomic mass is 28.3. The molecule has 0 fully saturated rings. The lowest BCUT2D eigenvalue weighted by atomic mass is 10.1. The Labute approximate surface area is 161 Å². The van der Waals surface area contributed by atoms with Crippen molar-refractivity contribution in [1.82, 2.24) is 0 Å². The largest absolute Gasteiger partial charge is 0.469 e. The van der Waals surface area contributed by atoms with Crippen LogP contribution in [0.4, 0.5) is 0 Å². The summed E-state index contributed by atoms with van der Waals surface area (Å²) in [4.78, 5) is 23.5. The summed E-state index contributed by atoms with van der Waals surface area (Å²) in [5.41, 5.74) is 1.18. The normalized spacial score (nSPS) is 11.7. The maximum atomic E-state index is 11.9. The first-order chi connectivity index (χ1) is 12.9. The monoisotopic (exact) mass is 380 g/mol. The molecule has 5 heteroatoms. The summed E-state index contributed by atoms with van der Waals surface area (Å²) >= 11 is 0. The molecule has 0 spiro atoms. The topological polar surface area (TPSA) is 52.6 Å². The minimum absolute atomic E-state index is 0.0902. The van der Waals surface area contributed by atoms with E-state index in [1.165, 1.54) is 19.4 Å². The van der Waals surface area contributed by atoms with Crippen LogP contribution in [0.15, 0.2) is 54.6 Å². The van der Waals surface area contributed by atoms with Gasteiger partial charge in [-0.1, -0.05) is 60.5 Å². The Kier molecular flexibility index (Phi) is 6.97. The van der Waals surface area contributed by atoms with Crippen molar-refractivity contribution in [2.45, 2.75) is 25.1 Å². The number of carbonyl (C=O) groups is 2. The molecule has 0 aliphatic heterocycles. The van der Waals surface area contributed by atoms with Crippen LogP contribution in [0.3, 0.4) is 0 Å². The van der Waals surface area contributed by atoms with Crippen LogP contribution in [-0.2, 0) is 14.3 Å². The number of carbonyl (C=O) groups excluding carboxylic acids is 2. The third kappa shape index (κ3) is 5.32. The number of esters is 2. The Hall–Kier alpha value is -2.84. The van der Waals surface area contributed by atoms with E-state index in [2.05, 4.69) is 37.1 Å². The van der Waals surface area contributed by atoms with Gasteiger partial charge in [-0.3, -0.25) is 4.79 Å². The average Bonchev–Trinajstić information content (AvgIpc) is 2.71. The molecule has 0 radical (unpaired) electrons. The fourth-order valence-corrected chi connectivity index (χ4v) is 5.35. The predicted molar refractivity (Wildman–Crippen MR) is 109 cm³/mol. The van der Waals surface area contributed by atoms with Crippen LogP contribution in [0, 0.1) is 11.8 Å². The van der Waals surface area contributed by atoms with E-state index in [1.807, 2.05) is 18.2 Å². The van der Waals surface area contributed by atoms with Gasteiger partial charge < -0.3 is 9.47 Å². The fourth-order valence-electron chi connectivity index (χ4n) is 2.78. The smallest absolute Gasteiger partial charge is 0.337 e. The van der Waals surface area contributed by atoms with E-state index in [-0.39, 0.29) is 23.9 Å². The summed E-state index contributed by atoms with van der Waals surface area (Å²) in [6, 6.07) is 17.1. The van der Waals surface area contributed by atoms with Crippen LogP contribution in [-0.4, -0.2) is 34.2 Å². The average molecular weight is 381 g/mol. The number of ether oxygens (including phenoxy) is 2. The van der Waals surface area contributed by atoms with E-state index < -0.39 is 8.07 Å². The molecule has 27 heavy (non-hydrogen) atoms. The number of benzene rings is 2. The second-order valence-corrected chi connectivity index (χ2v) is 11.5. The van der Waals surface area contributed by atoms with Crippen molar-refractivity contribution in [3.05, 3.63) is 65.7 Å². The molecule has 0 amide bonds. The third-order valence-electron chi connectivity index (χ3n) is 4.68. The minimum atomic E-state index is -2.02. The molecule has 1 atom stereocenters. The van der Waals surface area contributed by atoms with Gasteiger partial charge in [0, 0.05) is 11.1 Å². The lowest BCUT2D eigenvalue weighted by molar-refractivity contribution is -0.140.